The molecule has 106 valence electrons. The van der Waals surface area contributed by atoms with Crippen LogP contribution in [0.15, 0.2) is 69.3 Å². The monoisotopic (exact) mass is 299 g/mol. The number of hydrogen-bond donors (Lipinski definition) is 1. The van der Waals surface area contributed by atoms with Crippen molar-refractivity contribution in [3.8, 4) is 0 Å². The second-order valence-electron chi connectivity index (χ2n) is 4.84. The van der Waals surface area contributed by atoms with Crippen LogP contribution in [0, 0.1) is 6.92 Å². The Hall–Kier alpha value is -2.40. The van der Waals surface area contributed by atoms with Gasteiger partial charge in [-0.1, -0.05) is 29.8 Å². The Morgan fingerprint density at radius 3 is 2.33 bits per heavy atom. The molecule has 0 unspecified atom stereocenters. The average Bonchev–Trinajstić information content (AvgIpc) is 2.48. The van der Waals surface area contributed by atoms with Crippen molar-refractivity contribution >= 4 is 20.7 Å². The molecule has 1 aromatic heterocycles. The van der Waals surface area contributed by atoms with E-state index in [4.69, 9.17) is 0 Å². The highest BCUT2D eigenvalue weighted by Gasteiger charge is 2.22. The Kier molecular flexibility index (Phi) is 3.14. The standard InChI is InChI=1S/C16H13NO3S/c1-11-6-8-12(9-7-11)21(19,20)15-10-17-14-5-3-2-4-13(14)16(15)18/h2-10H,1H3,(H,17,18). The van der Waals surface area contributed by atoms with Crippen molar-refractivity contribution in [1.29, 1.82) is 0 Å². The number of aryl methyl sites for hydroxylation is 1. The van der Waals surface area contributed by atoms with E-state index in [-0.39, 0.29) is 9.79 Å². The third-order valence-corrected chi connectivity index (χ3v) is 5.15. The second kappa shape index (κ2) is 4.86. The minimum atomic E-state index is -3.82. The van der Waals surface area contributed by atoms with Gasteiger partial charge in [-0.3, -0.25) is 4.79 Å². The first-order valence-electron chi connectivity index (χ1n) is 6.42. The lowest BCUT2D eigenvalue weighted by atomic mass is 10.2. The van der Waals surface area contributed by atoms with E-state index in [0.29, 0.717) is 10.9 Å². The van der Waals surface area contributed by atoms with Gasteiger partial charge in [0.25, 0.3) is 0 Å². The number of aromatic nitrogens is 1. The lowest BCUT2D eigenvalue weighted by Crippen LogP contribution is -2.16. The summed E-state index contributed by atoms with van der Waals surface area (Å²) in [6, 6.07) is 13.3. The van der Waals surface area contributed by atoms with Gasteiger partial charge in [0.15, 0.2) is 0 Å². The first-order chi connectivity index (χ1) is 10.00. The van der Waals surface area contributed by atoms with Gasteiger partial charge in [0, 0.05) is 17.1 Å². The Labute approximate surface area is 122 Å². The van der Waals surface area contributed by atoms with Gasteiger partial charge in [0.2, 0.25) is 15.3 Å². The van der Waals surface area contributed by atoms with Crippen molar-refractivity contribution in [3.63, 3.8) is 0 Å². The topological polar surface area (TPSA) is 67.0 Å². The molecular formula is C16H13NO3S. The largest absolute Gasteiger partial charge is 0.360 e. The molecule has 0 spiro atoms. The molecule has 0 fully saturated rings. The highest BCUT2D eigenvalue weighted by molar-refractivity contribution is 7.91. The van der Waals surface area contributed by atoms with Crippen LogP contribution < -0.4 is 5.43 Å². The Balaban J connectivity index is 2.27. The van der Waals surface area contributed by atoms with Gasteiger partial charge in [-0.25, -0.2) is 8.42 Å². The van der Waals surface area contributed by atoms with Crippen molar-refractivity contribution < 1.29 is 8.42 Å². The van der Waals surface area contributed by atoms with Crippen LogP contribution in [0.5, 0.6) is 0 Å². The smallest absolute Gasteiger partial charge is 0.211 e. The lowest BCUT2D eigenvalue weighted by Gasteiger charge is -2.06. The summed E-state index contributed by atoms with van der Waals surface area (Å²) < 4.78 is 25.2. The third-order valence-electron chi connectivity index (χ3n) is 3.38. The summed E-state index contributed by atoms with van der Waals surface area (Å²) in [6.07, 6.45) is 1.26. The molecule has 0 bridgehead atoms. The number of aromatic amines is 1. The molecule has 0 atom stereocenters. The maximum Gasteiger partial charge on any atom is 0.211 e. The molecule has 5 heteroatoms. The van der Waals surface area contributed by atoms with Gasteiger partial charge < -0.3 is 4.98 Å². The molecule has 21 heavy (non-hydrogen) atoms. The van der Waals surface area contributed by atoms with Crippen LogP contribution in [0.3, 0.4) is 0 Å². The van der Waals surface area contributed by atoms with E-state index in [1.54, 1.807) is 36.4 Å². The molecule has 0 saturated carbocycles. The molecule has 4 nitrogen and oxygen atoms in total. The predicted molar refractivity (Wildman–Crippen MR) is 81.2 cm³/mol. The third kappa shape index (κ3) is 2.25. The molecule has 3 aromatic rings. The van der Waals surface area contributed by atoms with Crippen LogP contribution in [-0.4, -0.2) is 13.4 Å². The van der Waals surface area contributed by atoms with E-state index in [1.165, 1.54) is 18.3 Å². The van der Waals surface area contributed by atoms with Crippen molar-refractivity contribution in [1.82, 2.24) is 4.98 Å². The summed E-state index contributed by atoms with van der Waals surface area (Å²) in [5.74, 6) is 0. The molecular weight excluding hydrogens is 286 g/mol. The summed E-state index contributed by atoms with van der Waals surface area (Å²) in [4.78, 5) is 15.2. The predicted octanol–water partition coefficient (Wildman–Crippen LogP) is 2.67. The van der Waals surface area contributed by atoms with Crippen molar-refractivity contribution in [2.24, 2.45) is 0 Å². The number of H-pyrrole nitrogens is 1. The number of para-hydroxylation sites is 1. The fourth-order valence-electron chi connectivity index (χ4n) is 2.19. The first-order valence-corrected chi connectivity index (χ1v) is 7.90. The van der Waals surface area contributed by atoms with E-state index < -0.39 is 15.3 Å². The van der Waals surface area contributed by atoms with Crippen molar-refractivity contribution in [2.75, 3.05) is 0 Å². The molecule has 3 rings (SSSR count). The number of hydrogen-bond acceptors (Lipinski definition) is 3. The fraction of sp³-hybridized carbons (Fsp3) is 0.0625. The molecule has 0 radical (unpaired) electrons. The molecule has 0 aliphatic carbocycles. The summed E-state index contributed by atoms with van der Waals surface area (Å²) >= 11 is 0. The zero-order valence-corrected chi connectivity index (χ0v) is 12.1. The highest BCUT2D eigenvalue weighted by atomic mass is 32.2. The van der Waals surface area contributed by atoms with E-state index in [2.05, 4.69) is 4.98 Å². The zero-order chi connectivity index (χ0) is 15.0. The average molecular weight is 299 g/mol. The summed E-state index contributed by atoms with van der Waals surface area (Å²) in [5.41, 5.74) is 1.09. The van der Waals surface area contributed by atoms with Crippen LogP contribution in [0.25, 0.3) is 10.9 Å². The number of sulfone groups is 1. The SMILES string of the molecule is Cc1ccc(S(=O)(=O)c2c[nH]c3ccccc3c2=O)cc1. The maximum atomic E-state index is 12.6. The summed E-state index contributed by atoms with van der Waals surface area (Å²) in [7, 11) is -3.82. The van der Waals surface area contributed by atoms with Crippen LogP contribution in [0.1, 0.15) is 5.56 Å². The number of benzene rings is 2. The van der Waals surface area contributed by atoms with Crippen LogP contribution in [-0.2, 0) is 9.84 Å². The number of fused-ring (bicyclic) bond motifs is 1. The minimum absolute atomic E-state index is 0.119. The number of rotatable bonds is 2. The van der Waals surface area contributed by atoms with Gasteiger partial charge in [0.05, 0.1) is 4.90 Å². The summed E-state index contributed by atoms with van der Waals surface area (Å²) in [5, 5.41) is 0.366. The maximum absolute atomic E-state index is 12.6. The van der Waals surface area contributed by atoms with Crippen molar-refractivity contribution in [3.05, 3.63) is 70.5 Å². The zero-order valence-electron chi connectivity index (χ0n) is 11.3. The molecule has 1 heterocycles. The Bertz CT molecular complexity index is 970. The van der Waals surface area contributed by atoms with Gasteiger partial charge in [-0.15, -0.1) is 0 Å². The molecule has 0 aliphatic heterocycles. The van der Waals surface area contributed by atoms with E-state index in [1.807, 2.05) is 6.92 Å². The van der Waals surface area contributed by atoms with Crippen LogP contribution >= 0.6 is 0 Å². The summed E-state index contributed by atoms with van der Waals surface area (Å²) in [6.45, 7) is 1.87. The second-order valence-corrected chi connectivity index (χ2v) is 6.76. The van der Waals surface area contributed by atoms with E-state index in [9.17, 15) is 13.2 Å². The Morgan fingerprint density at radius 2 is 1.62 bits per heavy atom. The van der Waals surface area contributed by atoms with Crippen molar-refractivity contribution in [2.45, 2.75) is 16.7 Å². The van der Waals surface area contributed by atoms with Crippen LogP contribution in [0.4, 0.5) is 0 Å². The highest BCUT2D eigenvalue weighted by Crippen LogP contribution is 2.19. The van der Waals surface area contributed by atoms with Gasteiger partial charge in [0.1, 0.15) is 4.90 Å². The molecule has 0 amide bonds. The van der Waals surface area contributed by atoms with Gasteiger partial charge in [-0.05, 0) is 31.2 Å². The Morgan fingerprint density at radius 1 is 0.952 bits per heavy atom. The molecule has 0 saturated heterocycles. The quantitative estimate of drug-likeness (QED) is 0.791. The minimum Gasteiger partial charge on any atom is -0.360 e. The number of pyridine rings is 1. The molecule has 2 aromatic carbocycles. The van der Waals surface area contributed by atoms with Gasteiger partial charge in [-0.2, -0.15) is 0 Å². The number of nitrogens with one attached hydrogen (secondary N) is 1. The van der Waals surface area contributed by atoms with Crippen LogP contribution in [0.2, 0.25) is 0 Å². The van der Waals surface area contributed by atoms with Gasteiger partial charge >= 0.3 is 0 Å². The van der Waals surface area contributed by atoms with E-state index in [0.717, 1.165) is 5.56 Å². The molecule has 0 aliphatic rings. The fourth-order valence-corrected chi connectivity index (χ4v) is 3.51. The normalized spacial score (nSPS) is 11.7. The van der Waals surface area contributed by atoms with E-state index >= 15 is 0 Å². The lowest BCUT2D eigenvalue weighted by molar-refractivity contribution is 0.595. The first kappa shape index (κ1) is 13.6. The molecule has 1 N–H and O–H groups in total.